The van der Waals surface area contributed by atoms with Gasteiger partial charge in [0, 0.05) is 0 Å². The molecule has 3 nitrogen and oxygen atoms in total. The van der Waals surface area contributed by atoms with Crippen molar-refractivity contribution in [1.29, 1.82) is 0 Å². The van der Waals surface area contributed by atoms with Crippen LogP contribution in [-0.2, 0) is 0 Å². The van der Waals surface area contributed by atoms with Gasteiger partial charge in [0.2, 0.25) is 4.73 Å². The van der Waals surface area contributed by atoms with E-state index in [1.165, 1.54) is 12.8 Å². The van der Waals surface area contributed by atoms with Crippen molar-refractivity contribution >= 4 is 15.9 Å². The highest BCUT2D eigenvalue weighted by Crippen LogP contribution is 2.33. The Morgan fingerprint density at radius 3 is 2.89 bits per heavy atom. The fraction of sp³-hybridized carbons (Fsp3) is 0.600. The molecule has 0 aliphatic heterocycles. The summed E-state index contributed by atoms with van der Waals surface area (Å²) in [6.07, 6.45) is 4.29. The number of halogens is 1. The lowest BCUT2D eigenvalue weighted by Gasteiger charge is -1.89. The van der Waals surface area contributed by atoms with Crippen molar-refractivity contribution in [1.82, 2.24) is 14.8 Å². The van der Waals surface area contributed by atoms with Gasteiger partial charge in [0.05, 0.1) is 6.04 Å². The lowest BCUT2D eigenvalue weighted by Crippen LogP contribution is -1.92. The number of aromatic nitrogens is 3. The maximum Gasteiger partial charge on any atom is 0.217 e. The van der Waals surface area contributed by atoms with Crippen LogP contribution >= 0.6 is 15.9 Å². The van der Waals surface area contributed by atoms with Crippen LogP contribution in [0.15, 0.2) is 11.1 Å². The second-order valence-corrected chi connectivity index (χ2v) is 2.93. The van der Waals surface area contributed by atoms with Crippen LogP contribution < -0.4 is 0 Å². The average Bonchev–Trinajstić information content (AvgIpc) is 2.58. The van der Waals surface area contributed by atoms with Crippen molar-refractivity contribution in [2.75, 3.05) is 0 Å². The minimum Gasteiger partial charge on any atom is -0.249 e. The minimum absolute atomic E-state index is 0.642. The molecule has 1 aromatic rings. The maximum atomic E-state index is 4.09. The van der Waals surface area contributed by atoms with Crippen molar-refractivity contribution in [3.05, 3.63) is 11.1 Å². The monoisotopic (exact) mass is 187 g/mol. The van der Waals surface area contributed by atoms with E-state index in [9.17, 15) is 0 Å². The standard InChI is InChI=1S/C5H6BrN3/c6-5-7-3-9(8-5)4-1-2-4/h3-4H,1-2H2. The predicted octanol–water partition coefficient (Wildman–Crippen LogP) is 1.38. The summed E-state index contributed by atoms with van der Waals surface area (Å²) >= 11 is 3.19. The van der Waals surface area contributed by atoms with Crippen LogP contribution in [0.5, 0.6) is 0 Å². The van der Waals surface area contributed by atoms with E-state index in [0.717, 1.165) is 0 Å². The zero-order valence-corrected chi connectivity index (χ0v) is 6.37. The van der Waals surface area contributed by atoms with E-state index in [0.29, 0.717) is 10.8 Å². The molecule has 0 radical (unpaired) electrons. The zero-order valence-electron chi connectivity index (χ0n) is 4.79. The Morgan fingerprint density at radius 2 is 2.44 bits per heavy atom. The van der Waals surface area contributed by atoms with E-state index in [2.05, 4.69) is 26.0 Å². The number of nitrogens with zero attached hydrogens (tertiary/aromatic N) is 3. The molecule has 0 unspecified atom stereocenters. The SMILES string of the molecule is Brc1ncn(C2CC2)n1. The first-order chi connectivity index (χ1) is 4.36. The molecule has 2 rings (SSSR count). The molecular weight excluding hydrogens is 182 g/mol. The van der Waals surface area contributed by atoms with Crippen molar-refractivity contribution < 1.29 is 0 Å². The Labute approximate surface area is 61.2 Å². The van der Waals surface area contributed by atoms with Gasteiger partial charge in [-0.25, -0.2) is 9.67 Å². The van der Waals surface area contributed by atoms with Crippen molar-refractivity contribution in [3.8, 4) is 0 Å². The van der Waals surface area contributed by atoms with Crippen molar-refractivity contribution in [2.24, 2.45) is 0 Å². The fourth-order valence-electron chi connectivity index (χ4n) is 0.769. The molecule has 0 amide bonds. The van der Waals surface area contributed by atoms with Gasteiger partial charge in [-0.05, 0) is 28.8 Å². The van der Waals surface area contributed by atoms with Gasteiger partial charge in [-0.15, -0.1) is 5.10 Å². The van der Waals surface area contributed by atoms with Crippen LogP contribution in [0.3, 0.4) is 0 Å². The largest absolute Gasteiger partial charge is 0.249 e. The summed E-state index contributed by atoms with van der Waals surface area (Å²) in [7, 11) is 0. The summed E-state index contributed by atoms with van der Waals surface area (Å²) in [5.74, 6) is 0. The van der Waals surface area contributed by atoms with Crippen molar-refractivity contribution in [3.63, 3.8) is 0 Å². The lowest BCUT2D eigenvalue weighted by molar-refractivity contribution is 0.636. The van der Waals surface area contributed by atoms with Gasteiger partial charge in [-0.1, -0.05) is 0 Å². The molecule has 0 atom stereocenters. The first-order valence-electron chi connectivity index (χ1n) is 2.93. The first kappa shape index (κ1) is 5.41. The van der Waals surface area contributed by atoms with Crippen molar-refractivity contribution in [2.45, 2.75) is 18.9 Å². The summed E-state index contributed by atoms with van der Waals surface area (Å²) < 4.78 is 2.60. The van der Waals surface area contributed by atoms with Crippen LogP contribution in [0, 0.1) is 0 Å². The summed E-state index contributed by atoms with van der Waals surface area (Å²) in [6, 6.07) is 0.642. The van der Waals surface area contributed by atoms with E-state index in [1.807, 2.05) is 4.68 Å². The third kappa shape index (κ3) is 0.986. The Hall–Kier alpha value is -0.380. The molecule has 1 saturated carbocycles. The van der Waals surface area contributed by atoms with E-state index >= 15 is 0 Å². The average molecular weight is 188 g/mol. The molecule has 48 valence electrons. The summed E-state index contributed by atoms with van der Waals surface area (Å²) in [6.45, 7) is 0. The zero-order chi connectivity index (χ0) is 6.27. The summed E-state index contributed by atoms with van der Waals surface area (Å²) in [5, 5.41) is 4.09. The summed E-state index contributed by atoms with van der Waals surface area (Å²) in [5.41, 5.74) is 0. The van der Waals surface area contributed by atoms with Crippen LogP contribution in [0.2, 0.25) is 0 Å². The topological polar surface area (TPSA) is 30.7 Å². The fourth-order valence-corrected chi connectivity index (χ4v) is 1.04. The third-order valence-electron chi connectivity index (χ3n) is 1.40. The first-order valence-corrected chi connectivity index (χ1v) is 3.72. The highest BCUT2D eigenvalue weighted by molar-refractivity contribution is 9.10. The number of hydrogen-bond acceptors (Lipinski definition) is 2. The molecule has 0 spiro atoms. The van der Waals surface area contributed by atoms with Crippen LogP contribution in [0.4, 0.5) is 0 Å². The van der Waals surface area contributed by atoms with E-state index in [-0.39, 0.29) is 0 Å². The molecule has 1 aliphatic rings. The van der Waals surface area contributed by atoms with E-state index in [1.54, 1.807) is 6.33 Å². The predicted molar refractivity (Wildman–Crippen MR) is 36.0 cm³/mol. The molecule has 0 N–H and O–H groups in total. The Balaban J connectivity index is 2.28. The van der Waals surface area contributed by atoms with Gasteiger partial charge in [-0.2, -0.15) is 0 Å². The van der Waals surface area contributed by atoms with E-state index in [4.69, 9.17) is 0 Å². The second kappa shape index (κ2) is 1.80. The molecule has 0 aromatic carbocycles. The van der Waals surface area contributed by atoms with Gasteiger partial charge < -0.3 is 0 Å². The highest BCUT2D eigenvalue weighted by atomic mass is 79.9. The number of hydrogen-bond donors (Lipinski definition) is 0. The molecule has 1 fully saturated rings. The smallest absolute Gasteiger partial charge is 0.217 e. The summed E-state index contributed by atoms with van der Waals surface area (Å²) in [4.78, 5) is 3.95. The normalized spacial score (nSPS) is 18.3. The Bertz CT molecular complexity index is 216. The van der Waals surface area contributed by atoms with Crippen LogP contribution in [-0.4, -0.2) is 14.8 Å². The van der Waals surface area contributed by atoms with Gasteiger partial charge in [0.25, 0.3) is 0 Å². The quantitative estimate of drug-likeness (QED) is 0.666. The minimum atomic E-state index is 0.642. The Kier molecular flexibility index (Phi) is 1.08. The maximum absolute atomic E-state index is 4.09. The molecule has 0 saturated heterocycles. The molecule has 1 heterocycles. The molecule has 9 heavy (non-hydrogen) atoms. The van der Waals surface area contributed by atoms with Gasteiger partial charge >= 0.3 is 0 Å². The van der Waals surface area contributed by atoms with Gasteiger partial charge in [0.15, 0.2) is 0 Å². The lowest BCUT2D eigenvalue weighted by atomic mass is 10.7. The highest BCUT2D eigenvalue weighted by Gasteiger charge is 2.24. The second-order valence-electron chi connectivity index (χ2n) is 2.22. The molecular formula is C5H6BrN3. The number of rotatable bonds is 1. The van der Waals surface area contributed by atoms with Crippen LogP contribution in [0.1, 0.15) is 18.9 Å². The molecule has 4 heteroatoms. The van der Waals surface area contributed by atoms with E-state index < -0.39 is 0 Å². The molecule has 1 aliphatic carbocycles. The van der Waals surface area contributed by atoms with Gasteiger partial charge in [-0.3, -0.25) is 0 Å². The van der Waals surface area contributed by atoms with Crippen LogP contribution in [0.25, 0.3) is 0 Å². The molecule has 0 bridgehead atoms. The third-order valence-corrected chi connectivity index (χ3v) is 1.76. The molecule has 1 aromatic heterocycles. The Morgan fingerprint density at radius 1 is 1.67 bits per heavy atom. The van der Waals surface area contributed by atoms with Gasteiger partial charge in [0.1, 0.15) is 6.33 Å².